The van der Waals surface area contributed by atoms with Crippen molar-refractivity contribution in [3.05, 3.63) is 34.6 Å². The van der Waals surface area contributed by atoms with Crippen LogP contribution in [0.2, 0.25) is 5.02 Å². The monoisotopic (exact) mass is 324 g/mol. The predicted molar refractivity (Wildman–Crippen MR) is 75.4 cm³/mol. The van der Waals surface area contributed by atoms with Gasteiger partial charge < -0.3 is 10.2 Å². The number of carbonyl (C=O) groups is 1. The van der Waals surface area contributed by atoms with Crippen molar-refractivity contribution >= 4 is 29.3 Å². The van der Waals surface area contributed by atoms with E-state index in [0.717, 1.165) is 11.8 Å². The van der Waals surface area contributed by atoms with Crippen LogP contribution >= 0.6 is 23.4 Å². The van der Waals surface area contributed by atoms with Crippen LogP contribution in [-0.2, 0) is 11.4 Å². The van der Waals surface area contributed by atoms with Crippen molar-refractivity contribution in [3.63, 3.8) is 0 Å². The van der Waals surface area contributed by atoms with Crippen LogP contribution in [0.15, 0.2) is 23.4 Å². The highest BCUT2D eigenvalue weighted by atomic mass is 35.5. The minimum Gasteiger partial charge on any atom is -0.481 e. The highest BCUT2D eigenvalue weighted by molar-refractivity contribution is 7.99. The van der Waals surface area contributed by atoms with Gasteiger partial charge in [-0.15, -0.1) is 10.2 Å². The Bertz CT molecular complexity index is 726. The molecule has 0 aliphatic heterocycles. The molecule has 0 aliphatic rings. The molecule has 0 radical (unpaired) electrons. The highest BCUT2D eigenvalue weighted by Crippen LogP contribution is 2.28. The van der Waals surface area contributed by atoms with Crippen molar-refractivity contribution in [2.24, 2.45) is 0 Å². The zero-order chi connectivity index (χ0) is 15.4. The third-order valence-electron chi connectivity index (χ3n) is 2.48. The summed E-state index contributed by atoms with van der Waals surface area (Å²) in [7, 11) is 0. The van der Waals surface area contributed by atoms with E-state index in [2.05, 4.69) is 10.2 Å². The summed E-state index contributed by atoms with van der Waals surface area (Å²) in [4.78, 5) is 10.7. The summed E-state index contributed by atoms with van der Waals surface area (Å²) in [5.74, 6) is -0.960. The Kier molecular flexibility index (Phi) is 4.80. The third-order valence-corrected chi connectivity index (χ3v) is 3.70. The van der Waals surface area contributed by atoms with Gasteiger partial charge in [-0.3, -0.25) is 9.36 Å². The van der Waals surface area contributed by atoms with Gasteiger partial charge in [-0.1, -0.05) is 23.4 Å². The first-order valence-electron chi connectivity index (χ1n) is 5.66. The van der Waals surface area contributed by atoms with E-state index in [1.165, 1.54) is 10.6 Å². The standard InChI is InChI=1S/C12H9ClN4O3S/c13-8-3-7(4-14)1-2-9(8)17-10(5-18)15-16-12(17)21-6-11(19)20/h1-3,18H,5-6H2,(H,19,20). The number of nitrogens with zero attached hydrogens (tertiary/aromatic N) is 4. The average Bonchev–Trinajstić information content (AvgIpc) is 2.87. The second-order valence-corrected chi connectivity index (χ2v) is 5.20. The molecule has 108 valence electrons. The Morgan fingerprint density at radius 2 is 2.24 bits per heavy atom. The number of carboxylic acid groups (broad SMARTS) is 1. The summed E-state index contributed by atoms with van der Waals surface area (Å²) in [5, 5.41) is 35.1. The maximum Gasteiger partial charge on any atom is 0.313 e. The van der Waals surface area contributed by atoms with Gasteiger partial charge in [0.05, 0.1) is 28.1 Å². The number of rotatable bonds is 5. The van der Waals surface area contributed by atoms with Gasteiger partial charge in [0.25, 0.3) is 0 Å². The van der Waals surface area contributed by atoms with Gasteiger partial charge in [0.15, 0.2) is 11.0 Å². The lowest BCUT2D eigenvalue weighted by Crippen LogP contribution is -2.05. The van der Waals surface area contributed by atoms with E-state index in [-0.39, 0.29) is 23.2 Å². The van der Waals surface area contributed by atoms with Gasteiger partial charge in [-0.2, -0.15) is 5.26 Å². The lowest BCUT2D eigenvalue weighted by molar-refractivity contribution is -0.133. The molecule has 0 amide bonds. The van der Waals surface area contributed by atoms with Crippen molar-refractivity contribution in [1.29, 1.82) is 5.26 Å². The van der Waals surface area contributed by atoms with Gasteiger partial charge in [-0.05, 0) is 18.2 Å². The van der Waals surface area contributed by atoms with Gasteiger partial charge in [-0.25, -0.2) is 0 Å². The second-order valence-electron chi connectivity index (χ2n) is 3.85. The number of carboxylic acids is 1. The van der Waals surface area contributed by atoms with Crippen LogP contribution in [0.1, 0.15) is 11.4 Å². The zero-order valence-electron chi connectivity index (χ0n) is 10.5. The van der Waals surface area contributed by atoms with E-state index in [0.29, 0.717) is 16.4 Å². The number of hydrogen-bond donors (Lipinski definition) is 2. The van der Waals surface area contributed by atoms with Crippen LogP contribution in [0.5, 0.6) is 0 Å². The largest absolute Gasteiger partial charge is 0.481 e. The number of aliphatic hydroxyl groups excluding tert-OH is 1. The molecule has 1 heterocycles. The van der Waals surface area contributed by atoms with Gasteiger partial charge in [0, 0.05) is 0 Å². The first kappa shape index (κ1) is 15.3. The summed E-state index contributed by atoms with van der Waals surface area (Å²) in [5.41, 5.74) is 0.861. The van der Waals surface area contributed by atoms with E-state index >= 15 is 0 Å². The average molecular weight is 325 g/mol. The summed E-state index contributed by atoms with van der Waals surface area (Å²) in [6.45, 7) is -0.378. The van der Waals surface area contributed by atoms with Crippen molar-refractivity contribution in [1.82, 2.24) is 14.8 Å². The van der Waals surface area contributed by atoms with E-state index < -0.39 is 5.97 Å². The normalized spacial score (nSPS) is 10.3. The summed E-state index contributed by atoms with van der Waals surface area (Å²) in [6, 6.07) is 6.60. The summed E-state index contributed by atoms with van der Waals surface area (Å²) >= 11 is 7.09. The van der Waals surface area contributed by atoms with Crippen LogP contribution in [-0.4, -0.2) is 36.7 Å². The molecular formula is C12H9ClN4O3S. The number of nitriles is 1. The first-order valence-corrected chi connectivity index (χ1v) is 7.03. The molecule has 0 aliphatic carbocycles. The lowest BCUT2D eigenvalue weighted by Gasteiger charge is -2.10. The number of aromatic nitrogens is 3. The van der Waals surface area contributed by atoms with Crippen LogP contribution in [0, 0.1) is 11.3 Å². The van der Waals surface area contributed by atoms with Crippen LogP contribution in [0.3, 0.4) is 0 Å². The first-order chi connectivity index (χ1) is 10.1. The molecule has 0 spiro atoms. The minimum atomic E-state index is -0.994. The zero-order valence-corrected chi connectivity index (χ0v) is 12.1. The van der Waals surface area contributed by atoms with Crippen LogP contribution in [0.4, 0.5) is 0 Å². The van der Waals surface area contributed by atoms with Gasteiger partial charge in [0.1, 0.15) is 6.61 Å². The Balaban J connectivity index is 2.49. The van der Waals surface area contributed by atoms with Crippen molar-refractivity contribution in [2.45, 2.75) is 11.8 Å². The highest BCUT2D eigenvalue weighted by Gasteiger charge is 2.17. The van der Waals surface area contributed by atoms with Crippen LogP contribution < -0.4 is 0 Å². The molecule has 2 aromatic rings. The topological polar surface area (TPSA) is 112 Å². The fourth-order valence-corrected chi connectivity index (χ4v) is 2.57. The molecule has 7 nitrogen and oxygen atoms in total. The number of halogens is 1. The fourth-order valence-electron chi connectivity index (χ4n) is 1.62. The smallest absolute Gasteiger partial charge is 0.313 e. The Hall–Kier alpha value is -2.08. The maximum absolute atomic E-state index is 10.7. The molecule has 0 saturated heterocycles. The van der Waals surface area contributed by atoms with Gasteiger partial charge >= 0.3 is 5.97 Å². The van der Waals surface area contributed by atoms with E-state index in [1.807, 2.05) is 6.07 Å². The number of thioether (sulfide) groups is 1. The molecule has 0 unspecified atom stereocenters. The van der Waals surface area contributed by atoms with Crippen LogP contribution in [0.25, 0.3) is 5.69 Å². The predicted octanol–water partition coefficient (Wildman–Crippen LogP) is 1.46. The molecule has 1 aromatic carbocycles. The van der Waals surface area contributed by atoms with E-state index in [9.17, 15) is 9.90 Å². The second kappa shape index (κ2) is 6.58. The number of hydrogen-bond acceptors (Lipinski definition) is 6. The molecule has 0 saturated carbocycles. The Labute approximate surface area is 128 Å². The Morgan fingerprint density at radius 3 is 2.81 bits per heavy atom. The Morgan fingerprint density at radius 1 is 1.48 bits per heavy atom. The SMILES string of the molecule is N#Cc1ccc(-n2c(CO)nnc2SCC(=O)O)c(Cl)c1. The molecule has 1 aromatic heterocycles. The number of aliphatic hydroxyl groups is 1. The fraction of sp³-hybridized carbons (Fsp3) is 0.167. The maximum atomic E-state index is 10.7. The minimum absolute atomic E-state index is 0.197. The van der Waals surface area contributed by atoms with Crippen molar-refractivity contribution in [2.75, 3.05) is 5.75 Å². The molecule has 2 N–H and O–H groups in total. The molecule has 21 heavy (non-hydrogen) atoms. The van der Waals surface area contributed by atoms with E-state index in [1.54, 1.807) is 12.1 Å². The quantitative estimate of drug-likeness (QED) is 0.800. The third kappa shape index (κ3) is 3.33. The number of aliphatic carboxylic acids is 1. The molecule has 9 heteroatoms. The van der Waals surface area contributed by atoms with Crippen molar-refractivity contribution in [3.8, 4) is 11.8 Å². The molecule has 0 atom stereocenters. The van der Waals surface area contributed by atoms with Crippen molar-refractivity contribution < 1.29 is 15.0 Å². The summed E-state index contributed by atoms with van der Waals surface area (Å²) < 4.78 is 1.47. The summed E-state index contributed by atoms with van der Waals surface area (Å²) in [6.07, 6.45) is 0. The van der Waals surface area contributed by atoms with Gasteiger partial charge in [0.2, 0.25) is 0 Å². The molecule has 2 rings (SSSR count). The molecular weight excluding hydrogens is 316 g/mol. The van der Waals surface area contributed by atoms with E-state index in [4.69, 9.17) is 22.0 Å². The number of benzene rings is 1. The molecule has 0 fully saturated rings. The molecule has 0 bridgehead atoms. The lowest BCUT2D eigenvalue weighted by atomic mass is 10.2.